The highest BCUT2D eigenvalue weighted by molar-refractivity contribution is 5.96. The number of fused-ring (bicyclic) bond motifs is 4. The number of hydrogen-bond acceptors (Lipinski definition) is 2. The molecule has 0 bridgehead atoms. The minimum absolute atomic E-state index is 0.0468. The second-order valence-corrected chi connectivity index (χ2v) is 10.1. The first-order valence-corrected chi connectivity index (χ1v) is 12.0. The maximum Gasteiger partial charge on any atom is 0.416 e. The minimum atomic E-state index is -5.13. The molecule has 0 amide bonds. The van der Waals surface area contributed by atoms with Gasteiger partial charge in [-0.2, -0.15) is 52.7 Å². The Morgan fingerprint density at radius 2 is 0.810 bits per heavy atom. The van der Waals surface area contributed by atoms with Gasteiger partial charge in [-0.25, -0.2) is 9.97 Å². The topological polar surface area (TPSA) is 25.8 Å². The fourth-order valence-corrected chi connectivity index (χ4v) is 6.40. The van der Waals surface area contributed by atoms with E-state index in [4.69, 9.17) is 0 Å². The van der Waals surface area contributed by atoms with Gasteiger partial charge in [0.1, 0.15) is 0 Å². The lowest BCUT2D eigenvalue weighted by Gasteiger charge is -2.31. The summed E-state index contributed by atoms with van der Waals surface area (Å²) in [5.41, 5.74) is -8.43. The fourth-order valence-electron chi connectivity index (χ4n) is 6.40. The number of aromatic nitrogens is 2. The Morgan fingerprint density at radius 3 is 1.12 bits per heavy atom. The van der Waals surface area contributed by atoms with Crippen LogP contribution in [-0.4, -0.2) is 34.7 Å². The Bertz CT molecular complexity index is 1770. The Hall–Kier alpha value is -4.10. The van der Waals surface area contributed by atoms with E-state index < -0.39 is 70.0 Å². The van der Waals surface area contributed by atoms with E-state index >= 15 is 0 Å². The predicted octanol–water partition coefficient (Wildman–Crippen LogP) is 6.67. The Balaban J connectivity index is 1.51. The van der Waals surface area contributed by atoms with Crippen LogP contribution in [0.3, 0.4) is 0 Å². The number of nitrogens with zero attached hydrogens (tertiary/aromatic N) is 2. The molecule has 216 valence electrons. The van der Waals surface area contributed by atoms with Gasteiger partial charge in [0.05, 0.1) is 44.4 Å². The molecule has 0 aromatic carbocycles. The summed E-state index contributed by atoms with van der Waals surface area (Å²) in [5, 5.41) is -0.207. The summed E-state index contributed by atoms with van der Waals surface area (Å²) in [7, 11) is 0. The first-order valence-electron chi connectivity index (χ1n) is 12.0. The van der Waals surface area contributed by atoms with Gasteiger partial charge in [0.25, 0.3) is 0 Å². The van der Waals surface area contributed by atoms with Gasteiger partial charge in [-0.05, 0) is 57.7 Å². The van der Waals surface area contributed by atoms with Crippen molar-refractivity contribution >= 4 is 22.3 Å². The molecule has 7 rings (SSSR count). The summed E-state index contributed by atoms with van der Waals surface area (Å²) in [4.78, 5) is 8.87. The predicted molar refractivity (Wildman–Crippen MR) is 124 cm³/mol. The van der Waals surface area contributed by atoms with Crippen LogP contribution in [0.2, 0.25) is 0 Å². The largest absolute Gasteiger partial charge is 0.416 e. The van der Waals surface area contributed by atoms with Gasteiger partial charge in [0.15, 0.2) is 0 Å². The van der Waals surface area contributed by atoms with Gasteiger partial charge < -0.3 is 0 Å². The summed E-state index contributed by atoms with van der Waals surface area (Å²) in [6.07, 6.45) is -14.7. The molecule has 0 radical (unpaired) electrons. The number of allylic oxidation sites excluding steroid dienone is 16. The molecule has 2 atom stereocenters. The standard InChI is InChI=1S/C28H10F12N2/c29-25(30,31)13-5-1-9-17-10(2-6-14(19(13)17)26(32,33)34)22-21(9)41-23-11-3-7-15(27(35,36)37)20-16(28(38,39)40)8-4-12(18(11)20)24(23)42-22/h1-8,17-18H. The quantitative estimate of drug-likeness (QED) is 0.311. The van der Waals surface area contributed by atoms with Gasteiger partial charge in [-0.15, -0.1) is 0 Å². The van der Waals surface area contributed by atoms with Gasteiger partial charge >= 0.3 is 24.7 Å². The second kappa shape index (κ2) is 7.84. The molecule has 1 aromatic rings. The van der Waals surface area contributed by atoms with Gasteiger partial charge in [-0.3, -0.25) is 0 Å². The average Bonchev–Trinajstić information content (AvgIpc) is 3.35. The molecule has 0 aliphatic heterocycles. The van der Waals surface area contributed by atoms with Crippen molar-refractivity contribution in [3.63, 3.8) is 0 Å². The van der Waals surface area contributed by atoms with Crippen LogP contribution in [0.4, 0.5) is 52.7 Å². The van der Waals surface area contributed by atoms with E-state index in [1.54, 1.807) is 0 Å². The Kier molecular flexibility index (Phi) is 5.00. The van der Waals surface area contributed by atoms with Crippen molar-refractivity contribution in [2.45, 2.75) is 24.7 Å². The van der Waals surface area contributed by atoms with Crippen molar-refractivity contribution in [3.8, 4) is 0 Å². The lowest BCUT2D eigenvalue weighted by Crippen LogP contribution is -2.28. The van der Waals surface area contributed by atoms with E-state index in [0.717, 1.165) is 24.3 Å². The molecular formula is C28H10F12N2. The molecule has 6 aliphatic rings. The van der Waals surface area contributed by atoms with Crippen LogP contribution < -0.4 is 10.7 Å². The van der Waals surface area contributed by atoms with Crippen LogP contribution in [0.5, 0.6) is 0 Å². The van der Waals surface area contributed by atoms with Crippen LogP contribution in [0.1, 0.15) is 11.4 Å². The van der Waals surface area contributed by atoms with Crippen molar-refractivity contribution < 1.29 is 52.7 Å². The number of alkyl halides is 12. The van der Waals surface area contributed by atoms with Crippen molar-refractivity contribution in [2.75, 3.05) is 0 Å². The van der Waals surface area contributed by atoms with E-state index in [0.29, 0.717) is 24.3 Å². The molecule has 0 spiro atoms. The highest BCUT2D eigenvalue weighted by atomic mass is 19.4. The molecule has 6 aliphatic carbocycles. The maximum atomic E-state index is 13.9. The summed E-state index contributed by atoms with van der Waals surface area (Å²) in [6.45, 7) is 0. The zero-order chi connectivity index (χ0) is 30.3. The molecule has 14 heteroatoms. The number of hydrogen-bond donors (Lipinski definition) is 0. The van der Waals surface area contributed by atoms with E-state index in [1.165, 1.54) is 0 Å². The highest BCUT2D eigenvalue weighted by Gasteiger charge is 2.53. The fraction of sp³-hybridized carbons (Fsp3) is 0.214. The lowest BCUT2D eigenvalue weighted by molar-refractivity contribution is -0.0976. The van der Waals surface area contributed by atoms with E-state index in [2.05, 4.69) is 9.97 Å². The summed E-state index contributed by atoms with van der Waals surface area (Å²) in [5.74, 6) is -3.06. The van der Waals surface area contributed by atoms with E-state index in [9.17, 15) is 52.7 Å². The highest BCUT2D eigenvalue weighted by Crippen LogP contribution is 2.55. The number of rotatable bonds is 0. The van der Waals surface area contributed by atoms with E-state index in [-0.39, 0.29) is 44.4 Å². The monoisotopic (exact) mass is 602 g/mol. The third-order valence-corrected chi connectivity index (χ3v) is 7.91. The Morgan fingerprint density at radius 1 is 0.452 bits per heavy atom. The molecule has 2 unspecified atom stereocenters. The Labute approximate surface area is 226 Å². The van der Waals surface area contributed by atoms with Crippen LogP contribution in [0.25, 0.3) is 22.3 Å². The number of halogens is 12. The third kappa shape index (κ3) is 3.49. The van der Waals surface area contributed by atoms with Crippen molar-refractivity contribution in [1.29, 1.82) is 0 Å². The van der Waals surface area contributed by atoms with Crippen LogP contribution in [0, 0.1) is 11.8 Å². The molecular weight excluding hydrogens is 592 g/mol. The maximum absolute atomic E-state index is 13.9. The SMILES string of the molecule is FC(F)(F)C1=CC=C2c3nc4c(nc3=C3C=CC(C(F)(F)F)=C1C23)C1=CC=C(C(F)(F)F)C2=C(C(F)(F)F)C=CC=4C12. The summed E-state index contributed by atoms with van der Waals surface area (Å²) in [6, 6.07) is 0. The molecule has 0 saturated heterocycles. The summed E-state index contributed by atoms with van der Waals surface area (Å²) < 4.78 is 166. The molecule has 1 aromatic heterocycles. The van der Waals surface area contributed by atoms with Crippen LogP contribution >= 0.6 is 0 Å². The first kappa shape index (κ1) is 26.8. The van der Waals surface area contributed by atoms with Gasteiger partial charge in [-0.1, -0.05) is 24.3 Å². The van der Waals surface area contributed by atoms with Crippen molar-refractivity contribution in [2.24, 2.45) is 11.8 Å². The molecule has 0 saturated carbocycles. The average molecular weight is 602 g/mol. The van der Waals surface area contributed by atoms with Gasteiger partial charge in [0.2, 0.25) is 0 Å². The third-order valence-electron chi connectivity index (χ3n) is 7.91. The van der Waals surface area contributed by atoms with Crippen LogP contribution in [0.15, 0.2) is 82.0 Å². The molecule has 0 N–H and O–H groups in total. The molecule has 42 heavy (non-hydrogen) atoms. The van der Waals surface area contributed by atoms with Crippen molar-refractivity contribution in [1.82, 2.24) is 9.97 Å². The molecule has 2 nitrogen and oxygen atoms in total. The van der Waals surface area contributed by atoms with Crippen molar-refractivity contribution in [3.05, 3.63) is 104 Å². The smallest absolute Gasteiger partial charge is 0.244 e. The minimum Gasteiger partial charge on any atom is -0.244 e. The molecule has 0 fully saturated rings. The zero-order valence-corrected chi connectivity index (χ0v) is 20.2. The molecule has 1 heterocycles. The zero-order valence-electron chi connectivity index (χ0n) is 20.2. The summed E-state index contributed by atoms with van der Waals surface area (Å²) >= 11 is 0. The normalized spacial score (nSPS) is 24.3. The van der Waals surface area contributed by atoms with E-state index in [1.807, 2.05) is 0 Å². The second-order valence-electron chi connectivity index (χ2n) is 10.1. The van der Waals surface area contributed by atoms with Crippen LogP contribution in [-0.2, 0) is 0 Å². The first-order chi connectivity index (χ1) is 19.4. The van der Waals surface area contributed by atoms with Gasteiger partial charge in [0, 0.05) is 11.8 Å². The lowest BCUT2D eigenvalue weighted by atomic mass is 9.74.